The number of para-hydroxylation sites is 1. The minimum Gasteiger partial charge on any atom is -0.463 e. The molecule has 0 radical (unpaired) electrons. The number of thiazole rings is 1. The van der Waals surface area contributed by atoms with Gasteiger partial charge < -0.3 is 18.8 Å². The lowest BCUT2D eigenvalue weighted by molar-refractivity contribution is -0.139. The first-order valence-corrected chi connectivity index (χ1v) is 13.1. The largest absolute Gasteiger partial charge is 0.463 e. The average molecular weight is 528 g/mol. The summed E-state index contributed by atoms with van der Waals surface area (Å²) in [5, 5.41) is 1.04. The quantitative estimate of drug-likeness (QED) is 0.282. The van der Waals surface area contributed by atoms with E-state index in [2.05, 4.69) is 16.1 Å². The molecule has 9 heteroatoms. The van der Waals surface area contributed by atoms with Gasteiger partial charge in [-0.25, -0.2) is 9.79 Å². The van der Waals surface area contributed by atoms with Gasteiger partial charge in [-0.2, -0.15) is 0 Å². The number of esters is 1. The maximum atomic E-state index is 14.0. The molecule has 0 fully saturated rings. The van der Waals surface area contributed by atoms with Gasteiger partial charge in [0.2, 0.25) is 6.79 Å². The second-order valence-electron chi connectivity index (χ2n) is 8.96. The summed E-state index contributed by atoms with van der Waals surface area (Å²) in [5.41, 5.74) is 3.31. The van der Waals surface area contributed by atoms with Crippen LogP contribution in [-0.4, -0.2) is 28.5 Å². The Labute approximate surface area is 222 Å². The standard InChI is InChI=1S/C29H25N3O5S/c1-4-12-31-15-19(20-8-6-7-9-21(20)31)14-24-27(33)32-26(18-10-11-22-23(13-18)37-16-36-22)25(28(34)35-5-2)17(3)30-29(32)38-24/h4,6-11,13-15,26H,1,5,12,16H2,2-3H3/b24-14-/t26-/m1/s1. The summed E-state index contributed by atoms with van der Waals surface area (Å²) in [6, 6.07) is 12.8. The lowest BCUT2D eigenvalue weighted by atomic mass is 9.95. The van der Waals surface area contributed by atoms with Crippen LogP contribution in [0.3, 0.4) is 0 Å². The molecule has 0 amide bonds. The Morgan fingerprint density at radius 2 is 2.05 bits per heavy atom. The van der Waals surface area contributed by atoms with Crippen LogP contribution in [0.2, 0.25) is 0 Å². The molecular weight excluding hydrogens is 502 g/mol. The van der Waals surface area contributed by atoms with Gasteiger partial charge in [-0.1, -0.05) is 41.7 Å². The summed E-state index contributed by atoms with van der Waals surface area (Å²) in [4.78, 5) is 32.3. The lowest BCUT2D eigenvalue weighted by Gasteiger charge is -2.24. The minimum atomic E-state index is -0.718. The Balaban J connectivity index is 1.56. The normalized spacial score (nSPS) is 16.5. The van der Waals surface area contributed by atoms with Crippen molar-refractivity contribution < 1.29 is 19.0 Å². The topological polar surface area (TPSA) is 84.0 Å². The molecule has 6 rings (SSSR count). The van der Waals surface area contributed by atoms with Crippen LogP contribution >= 0.6 is 11.3 Å². The monoisotopic (exact) mass is 527 g/mol. The number of aromatic nitrogens is 2. The molecule has 0 saturated carbocycles. The fraction of sp³-hybridized carbons (Fsp3) is 0.207. The minimum absolute atomic E-state index is 0.126. The van der Waals surface area contributed by atoms with E-state index in [1.165, 1.54) is 11.3 Å². The second-order valence-corrected chi connectivity index (χ2v) is 9.97. The first-order chi connectivity index (χ1) is 18.5. The zero-order valence-corrected chi connectivity index (χ0v) is 21.8. The third-order valence-electron chi connectivity index (χ3n) is 6.66. The van der Waals surface area contributed by atoms with Gasteiger partial charge in [0.1, 0.15) is 0 Å². The summed E-state index contributed by atoms with van der Waals surface area (Å²) < 4.78 is 20.6. The molecule has 4 aromatic rings. The Morgan fingerprint density at radius 1 is 1.24 bits per heavy atom. The Bertz CT molecular complexity index is 1820. The third-order valence-corrected chi connectivity index (χ3v) is 7.64. The molecule has 2 aliphatic rings. The highest BCUT2D eigenvalue weighted by molar-refractivity contribution is 7.07. The number of hydrogen-bond donors (Lipinski definition) is 0. The van der Waals surface area contributed by atoms with Crippen molar-refractivity contribution in [1.82, 2.24) is 9.13 Å². The van der Waals surface area contributed by atoms with E-state index in [0.717, 1.165) is 16.5 Å². The number of nitrogens with zero attached hydrogens (tertiary/aromatic N) is 3. The maximum Gasteiger partial charge on any atom is 0.338 e. The number of rotatable bonds is 6. The molecular formula is C29H25N3O5S. The number of benzene rings is 2. The highest BCUT2D eigenvalue weighted by Crippen LogP contribution is 2.38. The molecule has 2 aromatic heterocycles. The van der Waals surface area contributed by atoms with E-state index in [-0.39, 0.29) is 19.0 Å². The van der Waals surface area contributed by atoms with E-state index in [1.807, 2.05) is 54.7 Å². The van der Waals surface area contributed by atoms with Crippen LogP contribution in [0.15, 0.2) is 82.4 Å². The van der Waals surface area contributed by atoms with E-state index in [0.29, 0.717) is 44.2 Å². The van der Waals surface area contributed by atoms with Crippen molar-refractivity contribution in [2.75, 3.05) is 13.4 Å². The van der Waals surface area contributed by atoms with Crippen molar-refractivity contribution in [1.29, 1.82) is 0 Å². The zero-order valence-electron chi connectivity index (χ0n) is 21.0. The van der Waals surface area contributed by atoms with Crippen molar-refractivity contribution in [3.8, 4) is 11.5 Å². The van der Waals surface area contributed by atoms with Gasteiger partial charge in [-0.3, -0.25) is 9.36 Å². The molecule has 0 aliphatic carbocycles. The Morgan fingerprint density at radius 3 is 2.87 bits per heavy atom. The maximum absolute atomic E-state index is 14.0. The molecule has 192 valence electrons. The van der Waals surface area contributed by atoms with E-state index in [9.17, 15) is 9.59 Å². The second kappa shape index (κ2) is 9.50. The first kappa shape index (κ1) is 24.0. The van der Waals surface area contributed by atoms with E-state index in [1.54, 1.807) is 24.5 Å². The van der Waals surface area contributed by atoms with Gasteiger partial charge in [0.05, 0.1) is 28.5 Å². The number of ether oxygens (including phenoxy) is 3. The summed E-state index contributed by atoms with van der Waals surface area (Å²) in [5.74, 6) is 0.686. The molecule has 1 atom stereocenters. The van der Waals surface area contributed by atoms with Gasteiger partial charge in [-0.05, 0) is 43.7 Å². The summed E-state index contributed by atoms with van der Waals surface area (Å²) in [7, 11) is 0. The number of fused-ring (bicyclic) bond motifs is 3. The molecule has 2 aromatic carbocycles. The summed E-state index contributed by atoms with van der Waals surface area (Å²) in [6.07, 6.45) is 5.76. The van der Waals surface area contributed by atoms with Crippen molar-refractivity contribution in [3.05, 3.63) is 103 Å². The molecule has 4 heterocycles. The fourth-order valence-corrected chi connectivity index (χ4v) is 6.05. The third kappa shape index (κ3) is 3.86. The van der Waals surface area contributed by atoms with Crippen LogP contribution in [-0.2, 0) is 16.1 Å². The van der Waals surface area contributed by atoms with Gasteiger partial charge in [-0.15, -0.1) is 6.58 Å². The van der Waals surface area contributed by atoms with Crippen LogP contribution in [0.4, 0.5) is 0 Å². The SMILES string of the molecule is C=CCn1cc(/C=c2\sc3n(c2=O)[C@H](c2ccc4c(c2)OCO4)C(C(=O)OCC)=C(C)N=3)c2ccccc21. The van der Waals surface area contributed by atoms with Crippen LogP contribution in [0.1, 0.15) is 31.0 Å². The van der Waals surface area contributed by atoms with Gasteiger partial charge in [0, 0.05) is 29.2 Å². The highest BCUT2D eigenvalue weighted by atomic mass is 32.1. The smallest absolute Gasteiger partial charge is 0.338 e. The van der Waals surface area contributed by atoms with Crippen LogP contribution in [0, 0.1) is 0 Å². The highest BCUT2D eigenvalue weighted by Gasteiger charge is 2.34. The molecule has 0 unspecified atom stereocenters. The Hall–Kier alpha value is -4.37. The number of hydrogen-bond acceptors (Lipinski definition) is 7. The molecule has 0 N–H and O–H groups in total. The number of carbonyl (C=O) groups is 1. The molecule has 8 nitrogen and oxygen atoms in total. The molecule has 38 heavy (non-hydrogen) atoms. The zero-order chi connectivity index (χ0) is 26.4. The number of carbonyl (C=O) groups excluding carboxylic acids is 1. The lowest BCUT2D eigenvalue weighted by Crippen LogP contribution is -2.39. The average Bonchev–Trinajstić information content (AvgIpc) is 3.60. The van der Waals surface area contributed by atoms with Gasteiger partial charge in [0.15, 0.2) is 16.3 Å². The summed E-state index contributed by atoms with van der Waals surface area (Å²) >= 11 is 1.30. The van der Waals surface area contributed by atoms with E-state index in [4.69, 9.17) is 14.2 Å². The number of allylic oxidation sites excluding steroid dienone is 2. The van der Waals surface area contributed by atoms with Crippen LogP contribution in [0.25, 0.3) is 17.0 Å². The molecule has 0 saturated heterocycles. The predicted molar refractivity (Wildman–Crippen MR) is 145 cm³/mol. The van der Waals surface area contributed by atoms with Crippen LogP contribution < -0.4 is 24.4 Å². The predicted octanol–water partition coefficient (Wildman–Crippen LogP) is 3.67. The Kier molecular flexibility index (Phi) is 6.00. The first-order valence-electron chi connectivity index (χ1n) is 12.3. The van der Waals surface area contributed by atoms with Gasteiger partial charge in [0.25, 0.3) is 5.56 Å². The van der Waals surface area contributed by atoms with E-state index >= 15 is 0 Å². The van der Waals surface area contributed by atoms with Crippen molar-refractivity contribution in [3.63, 3.8) is 0 Å². The van der Waals surface area contributed by atoms with E-state index < -0.39 is 12.0 Å². The molecule has 0 bridgehead atoms. The molecule has 2 aliphatic heterocycles. The summed E-state index contributed by atoms with van der Waals surface area (Å²) in [6.45, 7) is 8.37. The van der Waals surface area contributed by atoms with Crippen molar-refractivity contribution in [2.24, 2.45) is 4.99 Å². The molecule has 0 spiro atoms. The van der Waals surface area contributed by atoms with Crippen LogP contribution in [0.5, 0.6) is 11.5 Å². The van der Waals surface area contributed by atoms with Crippen molar-refractivity contribution >= 4 is 34.3 Å². The van der Waals surface area contributed by atoms with Gasteiger partial charge >= 0.3 is 5.97 Å². The van der Waals surface area contributed by atoms with Crippen molar-refractivity contribution in [2.45, 2.75) is 26.4 Å². The fourth-order valence-electron chi connectivity index (χ4n) is 5.01.